The summed E-state index contributed by atoms with van der Waals surface area (Å²) in [5, 5.41) is 4.39. The van der Waals surface area contributed by atoms with Crippen molar-refractivity contribution >= 4 is 11.0 Å². The normalized spacial score (nSPS) is 11.4. The van der Waals surface area contributed by atoms with Crippen LogP contribution in [0.25, 0.3) is 22.3 Å². The van der Waals surface area contributed by atoms with Crippen LogP contribution in [-0.4, -0.2) is 19.3 Å². The summed E-state index contributed by atoms with van der Waals surface area (Å²) in [6.07, 6.45) is 1.92. The molecule has 0 saturated carbocycles. The Balaban J connectivity index is 1.91. The average Bonchev–Trinajstić information content (AvgIpc) is 3.09. The summed E-state index contributed by atoms with van der Waals surface area (Å²) in [4.78, 5) is 4.82. The molecule has 4 aromatic rings. The molecule has 0 N–H and O–H groups in total. The fourth-order valence-electron chi connectivity index (χ4n) is 3.57. The summed E-state index contributed by atoms with van der Waals surface area (Å²) in [6, 6.07) is 15.0. The van der Waals surface area contributed by atoms with Gasteiger partial charge in [0.25, 0.3) is 0 Å². The van der Waals surface area contributed by atoms with Crippen LogP contribution >= 0.6 is 0 Å². The highest BCUT2D eigenvalue weighted by Gasteiger charge is 2.15. The van der Waals surface area contributed by atoms with Crippen molar-refractivity contribution in [2.45, 2.75) is 27.3 Å². The molecule has 4 heteroatoms. The van der Waals surface area contributed by atoms with Crippen LogP contribution in [0.3, 0.4) is 0 Å². The van der Waals surface area contributed by atoms with Crippen LogP contribution in [0, 0.1) is 20.8 Å². The van der Waals surface area contributed by atoms with Gasteiger partial charge in [-0.3, -0.25) is 4.68 Å². The zero-order valence-corrected chi connectivity index (χ0v) is 15.1. The van der Waals surface area contributed by atoms with Gasteiger partial charge >= 0.3 is 0 Å². The number of imidazole rings is 1. The lowest BCUT2D eigenvalue weighted by Crippen LogP contribution is -2.02. The molecule has 0 saturated heterocycles. The molecular weight excluding hydrogens is 308 g/mol. The predicted molar refractivity (Wildman–Crippen MR) is 102 cm³/mol. The standard InChI is InChI=1S/C21H22N4/c1-14-10-18(21-15(2)12-22-24(21)4)11-19-20(14)23-16(3)25(19)13-17-8-6-5-7-9-17/h5-12H,13H2,1-4H3. The molecule has 2 heterocycles. The second kappa shape index (κ2) is 5.88. The topological polar surface area (TPSA) is 35.6 Å². The number of hydrogen-bond donors (Lipinski definition) is 0. The Morgan fingerprint density at radius 2 is 1.72 bits per heavy atom. The second-order valence-electron chi connectivity index (χ2n) is 6.69. The van der Waals surface area contributed by atoms with Crippen molar-refractivity contribution in [1.82, 2.24) is 19.3 Å². The minimum absolute atomic E-state index is 0.830. The first-order valence-corrected chi connectivity index (χ1v) is 8.55. The molecule has 0 fully saturated rings. The second-order valence-corrected chi connectivity index (χ2v) is 6.69. The third-order valence-electron chi connectivity index (χ3n) is 4.81. The van der Waals surface area contributed by atoms with Gasteiger partial charge in [0.15, 0.2) is 0 Å². The van der Waals surface area contributed by atoms with Gasteiger partial charge in [-0.1, -0.05) is 30.3 Å². The van der Waals surface area contributed by atoms with E-state index in [9.17, 15) is 0 Å². The van der Waals surface area contributed by atoms with Gasteiger partial charge in [0.05, 0.1) is 22.9 Å². The fourth-order valence-corrected chi connectivity index (χ4v) is 3.57. The van der Waals surface area contributed by atoms with Gasteiger partial charge in [-0.25, -0.2) is 4.98 Å². The molecule has 0 spiro atoms. The number of aryl methyl sites for hydroxylation is 4. The van der Waals surface area contributed by atoms with Crippen molar-refractivity contribution in [3.63, 3.8) is 0 Å². The van der Waals surface area contributed by atoms with E-state index in [-0.39, 0.29) is 0 Å². The molecule has 0 bridgehead atoms. The molecule has 0 amide bonds. The van der Waals surface area contributed by atoms with E-state index in [2.05, 4.69) is 72.9 Å². The van der Waals surface area contributed by atoms with E-state index in [1.807, 2.05) is 17.9 Å². The lowest BCUT2D eigenvalue weighted by atomic mass is 10.0. The Hall–Kier alpha value is -2.88. The number of nitrogens with zero attached hydrogens (tertiary/aromatic N) is 4. The molecule has 0 atom stereocenters. The van der Waals surface area contributed by atoms with Crippen LogP contribution in [0.4, 0.5) is 0 Å². The SMILES string of the molecule is Cc1cnn(C)c1-c1cc(C)c2nc(C)n(Cc3ccccc3)c2c1. The van der Waals surface area contributed by atoms with E-state index in [4.69, 9.17) is 4.98 Å². The lowest BCUT2D eigenvalue weighted by molar-refractivity contribution is 0.774. The van der Waals surface area contributed by atoms with Crippen LogP contribution < -0.4 is 0 Å². The summed E-state index contributed by atoms with van der Waals surface area (Å²) in [5.41, 5.74) is 8.28. The molecule has 4 rings (SSSR count). The molecule has 2 aromatic heterocycles. The monoisotopic (exact) mass is 330 g/mol. The van der Waals surface area contributed by atoms with Crippen molar-refractivity contribution in [3.8, 4) is 11.3 Å². The molecule has 0 radical (unpaired) electrons. The first-order chi connectivity index (χ1) is 12.0. The van der Waals surface area contributed by atoms with E-state index in [0.29, 0.717) is 0 Å². The first kappa shape index (κ1) is 15.6. The summed E-state index contributed by atoms with van der Waals surface area (Å²) < 4.78 is 4.24. The number of fused-ring (bicyclic) bond motifs is 1. The minimum Gasteiger partial charge on any atom is -0.324 e. The summed E-state index contributed by atoms with van der Waals surface area (Å²) in [7, 11) is 1.99. The van der Waals surface area contributed by atoms with Gasteiger partial charge in [-0.2, -0.15) is 5.10 Å². The smallest absolute Gasteiger partial charge is 0.107 e. The first-order valence-electron chi connectivity index (χ1n) is 8.55. The van der Waals surface area contributed by atoms with Crippen molar-refractivity contribution in [2.75, 3.05) is 0 Å². The van der Waals surface area contributed by atoms with Crippen LogP contribution in [0.2, 0.25) is 0 Å². The van der Waals surface area contributed by atoms with Gasteiger partial charge in [0.2, 0.25) is 0 Å². The quantitative estimate of drug-likeness (QED) is 0.558. The van der Waals surface area contributed by atoms with E-state index in [0.717, 1.165) is 23.6 Å². The van der Waals surface area contributed by atoms with Crippen molar-refractivity contribution < 1.29 is 0 Å². The number of aromatic nitrogens is 4. The molecule has 0 unspecified atom stereocenters. The summed E-state index contributed by atoms with van der Waals surface area (Å²) in [6.45, 7) is 7.15. The Bertz CT molecular complexity index is 1040. The zero-order chi connectivity index (χ0) is 17.6. The van der Waals surface area contributed by atoms with Crippen LogP contribution in [0.1, 0.15) is 22.5 Å². The minimum atomic E-state index is 0.830. The number of rotatable bonds is 3. The highest BCUT2D eigenvalue weighted by atomic mass is 15.3. The number of hydrogen-bond acceptors (Lipinski definition) is 2. The summed E-state index contributed by atoms with van der Waals surface area (Å²) in [5.74, 6) is 1.04. The van der Waals surface area contributed by atoms with Crippen LogP contribution in [-0.2, 0) is 13.6 Å². The van der Waals surface area contributed by atoms with Crippen molar-refractivity contribution in [2.24, 2.45) is 7.05 Å². The highest BCUT2D eigenvalue weighted by Crippen LogP contribution is 2.30. The molecule has 25 heavy (non-hydrogen) atoms. The Morgan fingerprint density at radius 3 is 2.40 bits per heavy atom. The zero-order valence-electron chi connectivity index (χ0n) is 15.1. The van der Waals surface area contributed by atoms with Crippen molar-refractivity contribution in [3.05, 3.63) is 71.2 Å². The van der Waals surface area contributed by atoms with Gasteiger partial charge in [0, 0.05) is 19.2 Å². The molecule has 0 aliphatic rings. The maximum atomic E-state index is 4.82. The average molecular weight is 330 g/mol. The summed E-state index contributed by atoms with van der Waals surface area (Å²) >= 11 is 0. The largest absolute Gasteiger partial charge is 0.324 e. The number of benzene rings is 2. The Kier molecular flexibility index (Phi) is 3.68. The molecule has 126 valence electrons. The Labute approximate surface area is 147 Å². The third-order valence-corrected chi connectivity index (χ3v) is 4.81. The van der Waals surface area contributed by atoms with Crippen molar-refractivity contribution in [1.29, 1.82) is 0 Å². The van der Waals surface area contributed by atoms with E-state index in [1.165, 1.54) is 27.8 Å². The van der Waals surface area contributed by atoms with Crippen LogP contribution in [0.5, 0.6) is 0 Å². The fraction of sp³-hybridized carbons (Fsp3) is 0.238. The molecule has 0 aliphatic carbocycles. The van der Waals surface area contributed by atoms with E-state index in [1.54, 1.807) is 0 Å². The maximum absolute atomic E-state index is 4.82. The third kappa shape index (κ3) is 2.64. The predicted octanol–water partition coefficient (Wildman–Crippen LogP) is 4.41. The van der Waals surface area contributed by atoms with Gasteiger partial charge in [-0.15, -0.1) is 0 Å². The lowest BCUT2D eigenvalue weighted by Gasteiger charge is -2.10. The van der Waals surface area contributed by atoms with Gasteiger partial charge in [0.1, 0.15) is 5.82 Å². The highest BCUT2D eigenvalue weighted by molar-refractivity contribution is 5.85. The van der Waals surface area contributed by atoms with Gasteiger partial charge < -0.3 is 4.57 Å². The molecular formula is C21H22N4. The molecule has 2 aromatic carbocycles. The molecule has 4 nitrogen and oxygen atoms in total. The van der Waals surface area contributed by atoms with Crippen LogP contribution in [0.15, 0.2) is 48.7 Å². The Morgan fingerprint density at radius 1 is 0.960 bits per heavy atom. The molecule has 0 aliphatic heterocycles. The van der Waals surface area contributed by atoms with E-state index < -0.39 is 0 Å². The maximum Gasteiger partial charge on any atom is 0.107 e. The van der Waals surface area contributed by atoms with Gasteiger partial charge in [-0.05, 0) is 49.6 Å². The van der Waals surface area contributed by atoms with E-state index >= 15 is 0 Å².